The predicted molar refractivity (Wildman–Crippen MR) is 104 cm³/mol. The fourth-order valence-corrected chi connectivity index (χ4v) is 3.70. The lowest BCUT2D eigenvalue weighted by Gasteiger charge is -2.32. The van der Waals surface area contributed by atoms with Crippen LogP contribution in [0.1, 0.15) is 25.3 Å². The number of nitrogens with one attached hydrogen (secondary N) is 1. The Morgan fingerprint density at radius 3 is 2.68 bits per heavy atom. The number of likely N-dealkylation sites (tertiary alicyclic amines) is 1. The number of hydrogen-bond acceptors (Lipinski definition) is 5. The van der Waals surface area contributed by atoms with Gasteiger partial charge in [-0.3, -0.25) is 9.80 Å². The molecule has 2 aliphatic rings. The molecule has 2 aliphatic heterocycles. The minimum atomic E-state index is 0. The summed E-state index contributed by atoms with van der Waals surface area (Å²) >= 11 is 0. The molecule has 0 bridgehead atoms. The van der Waals surface area contributed by atoms with Crippen LogP contribution in [-0.2, 0) is 6.54 Å². The molecule has 0 radical (unpaired) electrons. The molecule has 142 valence electrons. The second-order valence-electron chi connectivity index (χ2n) is 6.80. The summed E-state index contributed by atoms with van der Waals surface area (Å²) in [6.45, 7) is 10.9. The van der Waals surface area contributed by atoms with E-state index in [0.717, 1.165) is 50.2 Å². The summed E-state index contributed by atoms with van der Waals surface area (Å²) in [5.41, 5.74) is 1.31. The Morgan fingerprint density at radius 2 is 1.96 bits per heavy atom. The van der Waals surface area contributed by atoms with Crippen LogP contribution >= 0.6 is 12.4 Å². The quantitative estimate of drug-likeness (QED) is 0.798. The average molecular weight is 370 g/mol. The standard InChI is InChI=1S/C19H31N3O2.ClH/c1-3-12-24-19-13-16(4-5-18(19)23-2)14-21-9-6-17(15-21)22-10-7-20-8-11-22;/h4-5,13,17,20H,3,6-12,14-15H2,1-2H3;1H. The maximum atomic E-state index is 5.84. The maximum Gasteiger partial charge on any atom is 0.161 e. The summed E-state index contributed by atoms with van der Waals surface area (Å²) in [6, 6.07) is 7.06. The molecule has 0 aliphatic carbocycles. The molecule has 0 amide bonds. The first-order valence-corrected chi connectivity index (χ1v) is 9.27. The van der Waals surface area contributed by atoms with Gasteiger partial charge in [-0.15, -0.1) is 12.4 Å². The predicted octanol–water partition coefficient (Wildman–Crippen LogP) is 2.39. The molecule has 0 spiro atoms. The van der Waals surface area contributed by atoms with E-state index >= 15 is 0 Å². The van der Waals surface area contributed by atoms with Gasteiger partial charge in [0, 0.05) is 51.9 Å². The van der Waals surface area contributed by atoms with E-state index in [1.807, 2.05) is 6.07 Å². The third-order valence-corrected chi connectivity index (χ3v) is 5.01. The van der Waals surface area contributed by atoms with Crippen molar-refractivity contribution >= 4 is 12.4 Å². The zero-order valence-electron chi connectivity index (χ0n) is 15.5. The average Bonchev–Trinajstić information content (AvgIpc) is 3.09. The molecule has 0 aromatic heterocycles. The van der Waals surface area contributed by atoms with Gasteiger partial charge in [0.15, 0.2) is 11.5 Å². The first kappa shape index (κ1) is 20.3. The third kappa shape index (κ3) is 5.48. The first-order chi connectivity index (χ1) is 11.8. The highest BCUT2D eigenvalue weighted by molar-refractivity contribution is 5.85. The molecule has 2 fully saturated rings. The summed E-state index contributed by atoms with van der Waals surface area (Å²) < 4.78 is 11.3. The number of rotatable bonds is 7. The van der Waals surface area contributed by atoms with Crippen LogP contribution in [0.3, 0.4) is 0 Å². The number of hydrogen-bond donors (Lipinski definition) is 1. The van der Waals surface area contributed by atoms with Gasteiger partial charge in [-0.05, 0) is 30.5 Å². The number of ether oxygens (including phenoxy) is 2. The van der Waals surface area contributed by atoms with Crippen LogP contribution in [0.5, 0.6) is 11.5 Å². The molecule has 6 heteroatoms. The molecule has 3 rings (SSSR count). The molecule has 1 atom stereocenters. The van der Waals surface area contributed by atoms with Crippen LogP contribution in [-0.4, -0.2) is 68.8 Å². The first-order valence-electron chi connectivity index (χ1n) is 9.27. The van der Waals surface area contributed by atoms with Crippen LogP contribution in [0.2, 0.25) is 0 Å². The van der Waals surface area contributed by atoms with Gasteiger partial charge < -0.3 is 14.8 Å². The van der Waals surface area contributed by atoms with E-state index in [1.54, 1.807) is 7.11 Å². The van der Waals surface area contributed by atoms with Crippen molar-refractivity contribution in [3.63, 3.8) is 0 Å². The van der Waals surface area contributed by atoms with Crippen LogP contribution in [0.15, 0.2) is 18.2 Å². The highest BCUT2D eigenvalue weighted by atomic mass is 35.5. The second kappa shape index (κ2) is 10.2. The zero-order valence-corrected chi connectivity index (χ0v) is 16.3. The lowest BCUT2D eigenvalue weighted by atomic mass is 10.2. The van der Waals surface area contributed by atoms with Gasteiger partial charge in [-0.25, -0.2) is 0 Å². The molecule has 2 heterocycles. The highest BCUT2D eigenvalue weighted by Gasteiger charge is 2.28. The molecule has 2 saturated heterocycles. The van der Waals surface area contributed by atoms with E-state index in [4.69, 9.17) is 9.47 Å². The molecule has 1 aromatic rings. The topological polar surface area (TPSA) is 37.0 Å². The minimum absolute atomic E-state index is 0. The molecule has 5 nitrogen and oxygen atoms in total. The van der Waals surface area contributed by atoms with Gasteiger partial charge >= 0.3 is 0 Å². The molecule has 1 N–H and O–H groups in total. The van der Waals surface area contributed by atoms with Crippen molar-refractivity contribution in [1.29, 1.82) is 0 Å². The fourth-order valence-electron chi connectivity index (χ4n) is 3.70. The third-order valence-electron chi connectivity index (χ3n) is 5.01. The Kier molecular flexibility index (Phi) is 8.30. The van der Waals surface area contributed by atoms with Crippen LogP contribution < -0.4 is 14.8 Å². The van der Waals surface area contributed by atoms with Gasteiger partial charge in [0.05, 0.1) is 13.7 Å². The second-order valence-corrected chi connectivity index (χ2v) is 6.80. The van der Waals surface area contributed by atoms with Crippen molar-refractivity contribution in [2.24, 2.45) is 0 Å². The Morgan fingerprint density at radius 1 is 1.16 bits per heavy atom. The maximum absolute atomic E-state index is 5.84. The Hall–Kier alpha value is -1.01. The summed E-state index contributed by atoms with van der Waals surface area (Å²) in [6.07, 6.45) is 2.29. The van der Waals surface area contributed by atoms with Crippen molar-refractivity contribution in [2.75, 3.05) is 53.0 Å². The number of halogens is 1. The molecule has 0 saturated carbocycles. The van der Waals surface area contributed by atoms with Crippen molar-refractivity contribution < 1.29 is 9.47 Å². The SMILES string of the molecule is CCCOc1cc(CN2CCC(N3CCNCC3)C2)ccc1OC.Cl. The number of piperazine rings is 1. The normalized spacial score (nSPS) is 21.8. The number of benzene rings is 1. The number of nitrogens with zero attached hydrogens (tertiary/aromatic N) is 2. The van der Waals surface area contributed by atoms with Crippen LogP contribution in [0, 0.1) is 0 Å². The van der Waals surface area contributed by atoms with E-state index in [1.165, 1.54) is 38.2 Å². The molecule has 1 aromatic carbocycles. The van der Waals surface area contributed by atoms with E-state index in [2.05, 4.69) is 34.2 Å². The Labute approximate surface area is 158 Å². The van der Waals surface area contributed by atoms with E-state index in [-0.39, 0.29) is 12.4 Å². The van der Waals surface area contributed by atoms with Crippen molar-refractivity contribution in [3.05, 3.63) is 23.8 Å². The summed E-state index contributed by atoms with van der Waals surface area (Å²) in [5, 5.41) is 3.44. The van der Waals surface area contributed by atoms with Gasteiger partial charge in [0.2, 0.25) is 0 Å². The molecular weight excluding hydrogens is 338 g/mol. The minimum Gasteiger partial charge on any atom is -0.493 e. The van der Waals surface area contributed by atoms with Crippen molar-refractivity contribution in [2.45, 2.75) is 32.4 Å². The van der Waals surface area contributed by atoms with E-state index < -0.39 is 0 Å². The molecular formula is C19H32ClN3O2. The van der Waals surface area contributed by atoms with Gasteiger partial charge in [0.1, 0.15) is 0 Å². The van der Waals surface area contributed by atoms with E-state index in [0.29, 0.717) is 0 Å². The fraction of sp³-hybridized carbons (Fsp3) is 0.684. The largest absolute Gasteiger partial charge is 0.493 e. The van der Waals surface area contributed by atoms with Gasteiger partial charge in [-0.1, -0.05) is 13.0 Å². The van der Waals surface area contributed by atoms with Gasteiger partial charge in [0.25, 0.3) is 0 Å². The van der Waals surface area contributed by atoms with Gasteiger partial charge in [-0.2, -0.15) is 0 Å². The highest BCUT2D eigenvalue weighted by Crippen LogP contribution is 2.29. The van der Waals surface area contributed by atoms with Crippen molar-refractivity contribution in [3.8, 4) is 11.5 Å². The monoisotopic (exact) mass is 369 g/mol. The van der Waals surface area contributed by atoms with E-state index in [9.17, 15) is 0 Å². The Balaban J connectivity index is 0.00000225. The zero-order chi connectivity index (χ0) is 16.8. The summed E-state index contributed by atoms with van der Waals surface area (Å²) in [5.74, 6) is 1.70. The summed E-state index contributed by atoms with van der Waals surface area (Å²) in [4.78, 5) is 5.22. The van der Waals surface area contributed by atoms with Crippen LogP contribution in [0.4, 0.5) is 0 Å². The summed E-state index contributed by atoms with van der Waals surface area (Å²) in [7, 11) is 1.70. The van der Waals surface area contributed by atoms with Crippen LogP contribution in [0.25, 0.3) is 0 Å². The molecule has 25 heavy (non-hydrogen) atoms. The molecule has 1 unspecified atom stereocenters. The number of methoxy groups -OCH3 is 1. The Bertz CT molecular complexity index is 523. The lowest BCUT2D eigenvalue weighted by Crippen LogP contribution is -2.49. The lowest BCUT2D eigenvalue weighted by molar-refractivity contribution is 0.170. The van der Waals surface area contributed by atoms with Crippen molar-refractivity contribution in [1.82, 2.24) is 15.1 Å². The smallest absolute Gasteiger partial charge is 0.161 e.